The zero-order chi connectivity index (χ0) is 14.4. The van der Waals surface area contributed by atoms with Gasteiger partial charge in [-0.3, -0.25) is 4.98 Å². The zero-order valence-electron chi connectivity index (χ0n) is 12.7. The summed E-state index contributed by atoms with van der Waals surface area (Å²) in [5.41, 5.74) is 2.50. The van der Waals surface area contributed by atoms with Crippen LogP contribution in [0.4, 0.5) is 0 Å². The summed E-state index contributed by atoms with van der Waals surface area (Å²) >= 11 is 0. The van der Waals surface area contributed by atoms with E-state index in [1.807, 2.05) is 18.3 Å². The summed E-state index contributed by atoms with van der Waals surface area (Å²) < 4.78 is 0. The summed E-state index contributed by atoms with van der Waals surface area (Å²) in [6.07, 6.45) is 2.83. The van der Waals surface area contributed by atoms with Crippen LogP contribution in [0.5, 0.6) is 0 Å². The second-order valence-corrected chi connectivity index (χ2v) is 11.3. The molecule has 2 nitrogen and oxygen atoms in total. The van der Waals surface area contributed by atoms with Crippen molar-refractivity contribution >= 4 is 13.3 Å². The normalized spacial score (nSPS) is 11.6. The Morgan fingerprint density at radius 2 is 1.75 bits per heavy atom. The van der Waals surface area contributed by atoms with Crippen LogP contribution in [0.3, 0.4) is 0 Å². The molecular formula is C17H24N2Si. The number of pyridine rings is 1. The molecular weight excluding hydrogens is 260 g/mol. The Labute approximate surface area is 123 Å². The lowest BCUT2D eigenvalue weighted by Crippen LogP contribution is -2.37. The highest BCUT2D eigenvalue weighted by Gasteiger charge is 2.15. The molecule has 0 atom stereocenters. The molecule has 0 unspecified atom stereocenters. The fourth-order valence-electron chi connectivity index (χ4n) is 2.12. The van der Waals surface area contributed by atoms with Gasteiger partial charge in [0.25, 0.3) is 0 Å². The molecule has 1 aromatic heterocycles. The lowest BCUT2D eigenvalue weighted by molar-refractivity contribution is 0.680. The van der Waals surface area contributed by atoms with Crippen molar-refractivity contribution < 1.29 is 0 Å². The van der Waals surface area contributed by atoms with Gasteiger partial charge in [-0.1, -0.05) is 55.2 Å². The predicted octanol–water partition coefficient (Wildman–Crippen LogP) is 2.96. The first-order valence-corrected chi connectivity index (χ1v) is 10.8. The van der Waals surface area contributed by atoms with Gasteiger partial charge in [0.05, 0.1) is 8.07 Å². The minimum atomic E-state index is -1.17. The summed E-state index contributed by atoms with van der Waals surface area (Å²) in [7, 11) is -1.17. The van der Waals surface area contributed by atoms with Gasteiger partial charge in [0.1, 0.15) is 0 Å². The van der Waals surface area contributed by atoms with Crippen molar-refractivity contribution in [1.82, 2.24) is 10.3 Å². The molecule has 0 aliphatic heterocycles. The first kappa shape index (κ1) is 14.9. The van der Waals surface area contributed by atoms with Crippen molar-refractivity contribution in [2.24, 2.45) is 0 Å². The molecule has 0 saturated heterocycles. The average molecular weight is 284 g/mol. The monoisotopic (exact) mass is 284 g/mol. The van der Waals surface area contributed by atoms with Gasteiger partial charge < -0.3 is 5.32 Å². The molecule has 0 fully saturated rings. The van der Waals surface area contributed by atoms with Gasteiger partial charge in [0.15, 0.2) is 0 Å². The maximum atomic E-state index is 4.33. The fraction of sp³-hybridized carbons (Fsp3) is 0.353. The van der Waals surface area contributed by atoms with E-state index in [0.29, 0.717) is 0 Å². The summed E-state index contributed by atoms with van der Waals surface area (Å²) in [4.78, 5) is 4.33. The van der Waals surface area contributed by atoms with Crippen molar-refractivity contribution in [2.45, 2.75) is 32.6 Å². The molecule has 2 aromatic rings. The summed E-state index contributed by atoms with van der Waals surface area (Å²) in [5, 5.41) is 5.00. The maximum Gasteiger partial charge on any atom is 0.0775 e. The SMILES string of the molecule is C[Si](C)(C)c1ccc(CNCCc2ccccn2)cc1. The lowest BCUT2D eigenvalue weighted by Gasteiger charge is -2.16. The highest BCUT2D eigenvalue weighted by molar-refractivity contribution is 6.88. The van der Waals surface area contributed by atoms with Crippen LogP contribution in [0.1, 0.15) is 11.3 Å². The number of hydrogen-bond donors (Lipinski definition) is 1. The summed E-state index contributed by atoms with van der Waals surface area (Å²) in [6.45, 7) is 9.04. The molecule has 2 rings (SSSR count). The van der Waals surface area contributed by atoms with Crippen molar-refractivity contribution in [3.63, 3.8) is 0 Å². The molecule has 1 aromatic carbocycles. The number of aromatic nitrogens is 1. The number of benzene rings is 1. The number of hydrogen-bond acceptors (Lipinski definition) is 2. The van der Waals surface area contributed by atoms with E-state index in [9.17, 15) is 0 Å². The number of nitrogens with zero attached hydrogens (tertiary/aromatic N) is 1. The van der Waals surface area contributed by atoms with E-state index in [1.165, 1.54) is 10.8 Å². The van der Waals surface area contributed by atoms with E-state index in [4.69, 9.17) is 0 Å². The molecule has 3 heteroatoms. The van der Waals surface area contributed by atoms with Crippen LogP contribution in [0, 0.1) is 0 Å². The zero-order valence-corrected chi connectivity index (χ0v) is 13.7. The quantitative estimate of drug-likeness (QED) is 0.651. The average Bonchev–Trinajstić information content (AvgIpc) is 2.44. The largest absolute Gasteiger partial charge is 0.312 e. The second-order valence-electron chi connectivity index (χ2n) is 6.19. The van der Waals surface area contributed by atoms with Crippen LogP contribution in [-0.2, 0) is 13.0 Å². The minimum absolute atomic E-state index is 0.929. The van der Waals surface area contributed by atoms with Gasteiger partial charge in [-0.25, -0.2) is 0 Å². The van der Waals surface area contributed by atoms with Crippen LogP contribution in [0.25, 0.3) is 0 Å². The highest BCUT2D eigenvalue weighted by atomic mass is 28.3. The van der Waals surface area contributed by atoms with Gasteiger partial charge in [0, 0.05) is 31.4 Å². The van der Waals surface area contributed by atoms with Crippen molar-refractivity contribution in [1.29, 1.82) is 0 Å². The first-order valence-electron chi connectivity index (χ1n) is 7.26. The van der Waals surface area contributed by atoms with Gasteiger partial charge in [-0.2, -0.15) is 0 Å². The molecule has 0 aliphatic carbocycles. The van der Waals surface area contributed by atoms with E-state index in [1.54, 1.807) is 0 Å². The van der Waals surface area contributed by atoms with Crippen LogP contribution in [0.2, 0.25) is 19.6 Å². The first-order chi connectivity index (χ1) is 9.55. The molecule has 106 valence electrons. The fourth-order valence-corrected chi connectivity index (χ4v) is 3.28. The van der Waals surface area contributed by atoms with E-state index in [0.717, 1.165) is 25.2 Å². The Balaban J connectivity index is 1.77. The number of nitrogens with one attached hydrogen (secondary N) is 1. The summed E-state index contributed by atoms with van der Waals surface area (Å²) in [5.74, 6) is 0. The molecule has 1 heterocycles. The van der Waals surface area contributed by atoms with Crippen LogP contribution < -0.4 is 10.5 Å². The predicted molar refractivity (Wildman–Crippen MR) is 89.1 cm³/mol. The Hall–Kier alpha value is -1.45. The lowest BCUT2D eigenvalue weighted by atomic mass is 10.2. The van der Waals surface area contributed by atoms with E-state index in [2.05, 4.69) is 60.3 Å². The van der Waals surface area contributed by atoms with Gasteiger partial charge in [0.2, 0.25) is 0 Å². The smallest absolute Gasteiger partial charge is 0.0775 e. The van der Waals surface area contributed by atoms with Crippen LogP contribution in [-0.4, -0.2) is 19.6 Å². The molecule has 20 heavy (non-hydrogen) atoms. The molecule has 0 saturated carbocycles. The second kappa shape index (κ2) is 6.82. The Morgan fingerprint density at radius 1 is 1.00 bits per heavy atom. The van der Waals surface area contributed by atoms with Gasteiger partial charge in [-0.05, 0) is 17.7 Å². The van der Waals surface area contributed by atoms with E-state index < -0.39 is 8.07 Å². The van der Waals surface area contributed by atoms with Crippen molar-refractivity contribution in [3.8, 4) is 0 Å². The molecule has 0 spiro atoms. The maximum absolute atomic E-state index is 4.33. The van der Waals surface area contributed by atoms with Gasteiger partial charge >= 0.3 is 0 Å². The van der Waals surface area contributed by atoms with Crippen molar-refractivity contribution in [3.05, 3.63) is 59.9 Å². The van der Waals surface area contributed by atoms with E-state index >= 15 is 0 Å². The van der Waals surface area contributed by atoms with Crippen LogP contribution >= 0.6 is 0 Å². The van der Waals surface area contributed by atoms with Crippen molar-refractivity contribution in [2.75, 3.05) is 6.54 Å². The molecule has 1 N–H and O–H groups in total. The molecule has 0 bridgehead atoms. The number of rotatable bonds is 6. The standard InChI is InChI=1S/C17H24N2Si/c1-20(2,3)17-9-7-15(8-10-17)14-18-13-11-16-6-4-5-12-19-16/h4-10,12,18H,11,13-14H2,1-3H3. The highest BCUT2D eigenvalue weighted by Crippen LogP contribution is 2.04. The molecule has 0 amide bonds. The third-order valence-corrected chi connectivity index (χ3v) is 5.50. The summed E-state index contributed by atoms with van der Waals surface area (Å²) in [6, 6.07) is 15.2. The third kappa shape index (κ3) is 4.58. The van der Waals surface area contributed by atoms with Gasteiger partial charge in [-0.15, -0.1) is 0 Å². The Morgan fingerprint density at radius 3 is 2.35 bits per heavy atom. The minimum Gasteiger partial charge on any atom is -0.312 e. The Bertz CT molecular complexity index is 515. The van der Waals surface area contributed by atoms with Crippen LogP contribution in [0.15, 0.2) is 48.7 Å². The third-order valence-electron chi connectivity index (χ3n) is 3.43. The molecule has 0 aliphatic rings. The van der Waals surface area contributed by atoms with E-state index in [-0.39, 0.29) is 0 Å². The molecule has 0 radical (unpaired) electrons. The Kier molecular flexibility index (Phi) is 5.09. The topological polar surface area (TPSA) is 24.9 Å².